The third-order valence-electron chi connectivity index (χ3n) is 3.35. The number of carbonyl (C=O) groups excluding carboxylic acids is 2. The number of rotatable bonds is 8. The van der Waals surface area contributed by atoms with Crippen LogP contribution in [0.4, 0.5) is 5.69 Å². The number of hydrogen-bond donors (Lipinski definition) is 2. The molecule has 0 aliphatic carbocycles. The fourth-order valence-electron chi connectivity index (χ4n) is 2.06. The molecule has 0 atom stereocenters. The predicted octanol–water partition coefficient (Wildman–Crippen LogP) is 4.38. The first-order valence-corrected chi connectivity index (χ1v) is 8.55. The molecule has 2 amide bonds. The molecule has 0 aromatic heterocycles. The lowest BCUT2D eigenvalue weighted by molar-refractivity contribution is -0.124. The van der Waals surface area contributed by atoms with Gasteiger partial charge in [-0.15, -0.1) is 0 Å². The molecule has 0 spiro atoms. The van der Waals surface area contributed by atoms with Gasteiger partial charge in [0, 0.05) is 25.1 Å². The van der Waals surface area contributed by atoms with E-state index in [4.69, 9.17) is 16.3 Å². The number of carbonyl (C=O) groups is 2. The van der Waals surface area contributed by atoms with E-state index in [1.54, 1.807) is 36.4 Å². The fourth-order valence-corrected chi connectivity index (χ4v) is 2.24. The van der Waals surface area contributed by atoms with Crippen molar-refractivity contribution in [3.8, 4) is 11.5 Å². The molecule has 2 rings (SSSR count). The molecular formula is C19H21ClN2O3. The summed E-state index contributed by atoms with van der Waals surface area (Å²) in [5, 5.41) is 6.02. The monoisotopic (exact) mass is 360 g/mol. The maximum absolute atomic E-state index is 11.9. The lowest BCUT2D eigenvalue weighted by atomic mass is 10.2. The van der Waals surface area contributed by atoms with E-state index < -0.39 is 0 Å². The van der Waals surface area contributed by atoms with Crippen LogP contribution in [-0.2, 0) is 9.59 Å². The molecule has 0 fully saturated rings. The summed E-state index contributed by atoms with van der Waals surface area (Å²) in [6, 6.07) is 14.2. The van der Waals surface area contributed by atoms with E-state index in [2.05, 4.69) is 10.6 Å². The number of anilines is 1. The lowest BCUT2D eigenvalue weighted by Crippen LogP contribution is -2.25. The average molecular weight is 361 g/mol. The molecule has 2 N–H and O–H groups in total. The van der Waals surface area contributed by atoms with Crippen molar-refractivity contribution in [1.29, 1.82) is 0 Å². The average Bonchev–Trinajstić information content (AvgIpc) is 2.62. The number of hydrogen-bond acceptors (Lipinski definition) is 3. The summed E-state index contributed by atoms with van der Waals surface area (Å²) in [6.45, 7) is 2.61. The Morgan fingerprint density at radius 3 is 2.36 bits per heavy atom. The summed E-state index contributed by atoms with van der Waals surface area (Å²) in [5.74, 6) is 0.871. The normalized spacial score (nSPS) is 10.2. The Labute approximate surface area is 152 Å². The highest BCUT2D eigenvalue weighted by Crippen LogP contribution is 2.29. The smallest absolute Gasteiger partial charge is 0.224 e. The number of halogens is 1. The van der Waals surface area contributed by atoms with E-state index >= 15 is 0 Å². The van der Waals surface area contributed by atoms with Crippen LogP contribution in [0.15, 0.2) is 48.5 Å². The van der Waals surface area contributed by atoms with Crippen molar-refractivity contribution in [2.75, 3.05) is 11.9 Å². The highest BCUT2D eigenvalue weighted by Gasteiger charge is 2.07. The summed E-state index contributed by atoms with van der Waals surface area (Å²) in [4.78, 5) is 23.4. The number of para-hydroxylation sites is 1. The second kappa shape index (κ2) is 9.69. The maximum Gasteiger partial charge on any atom is 0.224 e. The van der Waals surface area contributed by atoms with E-state index in [9.17, 15) is 9.59 Å². The van der Waals surface area contributed by atoms with E-state index in [0.29, 0.717) is 28.8 Å². The van der Waals surface area contributed by atoms with E-state index in [0.717, 1.165) is 6.42 Å². The maximum atomic E-state index is 11.9. The van der Waals surface area contributed by atoms with Crippen LogP contribution in [0.25, 0.3) is 0 Å². The van der Waals surface area contributed by atoms with Crippen molar-refractivity contribution in [2.45, 2.75) is 26.2 Å². The SMILES string of the molecule is CCCNC(=O)CCC(=O)Nc1ccc(Oc2ccccc2Cl)cc1. The molecule has 0 heterocycles. The Kier molecular flexibility index (Phi) is 7.29. The minimum atomic E-state index is -0.202. The van der Waals surface area contributed by atoms with Crippen LogP contribution in [0, 0.1) is 0 Å². The first-order valence-electron chi connectivity index (χ1n) is 8.17. The zero-order valence-electron chi connectivity index (χ0n) is 14.0. The molecule has 25 heavy (non-hydrogen) atoms. The number of nitrogens with one attached hydrogen (secondary N) is 2. The minimum absolute atomic E-state index is 0.111. The third kappa shape index (κ3) is 6.47. The van der Waals surface area contributed by atoms with Gasteiger partial charge in [-0.2, -0.15) is 0 Å². The Morgan fingerprint density at radius 1 is 1.00 bits per heavy atom. The molecule has 0 aliphatic rings. The molecule has 0 saturated carbocycles. The van der Waals surface area contributed by atoms with Gasteiger partial charge < -0.3 is 15.4 Å². The van der Waals surface area contributed by atoms with E-state index in [1.807, 2.05) is 19.1 Å². The fraction of sp³-hybridized carbons (Fsp3) is 0.263. The number of amides is 2. The summed E-state index contributed by atoms with van der Waals surface area (Å²) >= 11 is 6.05. The zero-order valence-corrected chi connectivity index (χ0v) is 14.8. The molecule has 0 unspecified atom stereocenters. The standard InChI is InChI=1S/C19H21ClN2O3/c1-2-13-21-18(23)11-12-19(24)22-14-7-9-15(10-8-14)25-17-6-4-3-5-16(17)20/h3-10H,2,11-13H2,1H3,(H,21,23)(H,22,24). The van der Waals surface area contributed by atoms with Crippen molar-refractivity contribution >= 4 is 29.1 Å². The highest BCUT2D eigenvalue weighted by molar-refractivity contribution is 6.32. The van der Waals surface area contributed by atoms with Crippen molar-refractivity contribution in [3.63, 3.8) is 0 Å². The van der Waals surface area contributed by atoms with Gasteiger partial charge in [0.05, 0.1) is 5.02 Å². The van der Waals surface area contributed by atoms with Gasteiger partial charge in [0.2, 0.25) is 11.8 Å². The van der Waals surface area contributed by atoms with Gasteiger partial charge in [-0.05, 0) is 42.8 Å². The van der Waals surface area contributed by atoms with Crippen LogP contribution in [0.3, 0.4) is 0 Å². The van der Waals surface area contributed by atoms with Crippen LogP contribution in [0.5, 0.6) is 11.5 Å². The Balaban J connectivity index is 1.82. The molecule has 2 aromatic carbocycles. The quantitative estimate of drug-likeness (QED) is 0.734. The van der Waals surface area contributed by atoms with Crippen LogP contribution in [-0.4, -0.2) is 18.4 Å². The molecule has 0 radical (unpaired) electrons. The van der Waals surface area contributed by atoms with Gasteiger partial charge in [-0.25, -0.2) is 0 Å². The number of ether oxygens (including phenoxy) is 1. The summed E-state index contributed by atoms with van der Waals surface area (Å²) in [7, 11) is 0. The van der Waals surface area contributed by atoms with Crippen LogP contribution >= 0.6 is 11.6 Å². The largest absolute Gasteiger partial charge is 0.456 e. The Hall–Kier alpha value is -2.53. The molecule has 0 saturated heterocycles. The Bertz CT molecular complexity index is 717. The van der Waals surface area contributed by atoms with Crippen molar-refractivity contribution in [3.05, 3.63) is 53.6 Å². The van der Waals surface area contributed by atoms with Crippen LogP contribution in [0.1, 0.15) is 26.2 Å². The van der Waals surface area contributed by atoms with Gasteiger partial charge >= 0.3 is 0 Å². The van der Waals surface area contributed by atoms with Crippen molar-refractivity contribution in [1.82, 2.24) is 5.32 Å². The van der Waals surface area contributed by atoms with Crippen LogP contribution in [0.2, 0.25) is 5.02 Å². The molecule has 2 aromatic rings. The summed E-state index contributed by atoms with van der Waals surface area (Å²) in [5.41, 5.74) is 0.644. The topological polar surface area (TPSA) is 67.4 Å². The molecule has 132 valence electrons. The van der Waals surface area contributed by atoms with Gasteiger partial charge in [0.25, 0.3) is 0 Å². The molecule has 5 nitrogen and oxygen atoms in total. The lowest BCUT2D eigenvalue weighted by Gasteiger charge is -2.09. The Morgan fingerprint density at radius 2 is 1.68 bits per heavy atom. The van der Waals surface area contributed by atoms with Gasteiger partial charge in [0.15, 0.2) is 0 Å². The summed E-state index contributed by atoms with van der Waals surface area (Å²) in [6.07, 6.45) is 1.20. The second-order valence-corrected chi connectivity index (χ2v) is 5.86. The third-order valence-corrected chi connectivity index (χ3v) is 3.67. The number of benzene rings is 2. The predicted molar refractivity (Wildman–Crippen MR) is 99.1 cm³/mol. The molecular weight excluding hydrogens is 340 g/mol. The first kappa shape index (κ1) is 18.8. The highest BCUT2D eigenvalue weighted by atomic mass is 35.5. The molecule has 6 heteroatoms. The van der Waals surface area contributed by atoms with Gasteiger partial charge in [0.1, 0.15) is 11.5 Å². The second-order valence-electron chi connectivity index (χ2n) is 5.45. The molecule has 0 aliphatic heterocycles. The van der Waals surface area contributed by atoms with E-state index in [1.165, 1.54) is 0 Å². The van der Waals surface area contributed by atoms with Crippen molar-refractivity contribution < 1.29 is 14.3 Å². The van der Waals surface area contributed by atoms with Gasteiger partial charge in [-0.3, -0.25) is 9.59 Å². The van der Waals surface area contributed by atoms with E-state index in [-0.39, 0.29) is 24.7 Å². The summed E-state index contributed by atoms with van der Waals surface area (Å²) < 4.78 is 5.69. The van der Waals surface area contributed by atoms with Crippen molar-refractivity contribution in [2.24, 2.45) is 0 Å². The van der Waals surface area contributed by atoms with Crippen LogP contribution < -0.4 is 15.4 Å². The van der Waals surface area contributed by atoms with Gasteiger partial charge in [-0.1, -0.05) is 30.7 Å². The zero-order chi connectivity index (χ0) is 18.1. The minimum Gasteiger partial charge on any atom is -0.456 e. The molecule has 0 bridgehead atoms. The first-order chi connectivity index (χ1) is 12.1.